The zero-order valence-electron chi connectivity index (χ0n) is 7.50. The molecule has 0 aliphatic heterocycles. The highest BCUT2D eigenvalue weighted by atomic mass is 79.9. The number of nitrogens with zero attached hydrogens (tertiary/aromatic N) is 1. The van der Waals surface area contributed by atoms with Gasteiger partial charge in [-0.2, -0.15) is 0 Å². The second kappa shape index (κ2) is 4.16. The predicted octanol–water partition coefficient (Wildman–Crippen LogP) is 2.85. The molecule has 76 valence electrons. The molecular formula is C10H6BrClN2O. The summed E-state index contributed by atoms with van der Waals surface area (Å²) in [5.41, 5.74) is 0.511. The van der Waals surface area contributed by atoms with Crippen molar-refractivity contribution in [3.05, 3.63) is 50.3 Å². The van der Waals surface area contributed by atoms with Crippen LogP contribution in [-0.2, 0) is 0 Å². The van der Waals surface area contributed by atoms with E-state index >= 15 is 0 Å². The predicted molar refractivity (Wildman–Crippen MR) is 63.0 cm³/mol. The van der Waals surface area contributed by atoms with Crippen molar-refractivity contribution in [1.82, 2.24) is 9.97 Å². The number of nitrogens with one attached hydrogen (secondary N) is 1. The average molecular weight is 286 g/mol. The van der Waals surface area contributed by atoms with E-state index in [1.165, 1.54) is 12.3 Å². The Morgan fingerprint density at radius 2 is 2.13 bits per heavy atom. The first-order valence-corrected chi connectivity index (χ1v) is 5.34. The molecule has 0 saturated carbocycles. The van der Waals surface area contributed by atoms with E-state index in [9.17, 15) is 4.79 Å². The summed E-state index contributed by atoms with van der Waals surface area (Å²) in [6, 6.07) is 6.75. The lowest BCUT2D eigenvalue weighted by Gasteiger charge is -2.02. The number of hydrogen-bond acceptors (Lipinski definition) is 2. The van der Waals surface area contributed by atoms with Gasteiger partial charge in [0.2, 0.25) is 0 Å². The van der Waals surface area contributed by atoms with Crippen LogP contribution in [0.2, 0.25) is 5.02 Å². The van der Waals surface area contributed by atoms with Gasteiger partial charge in [0.25, 0.3) is 5.56 Å². The molecular weight excluding hydrogens is 279 g/mol. The summed E-state index contributed by atoms with van der Waals surface area (Å²) in [6.45, 7) is 0. The first kappa shape index (κ1) is 10.4. The minimum Gasteiger partial charge on any atom is -0.306 e. The van der Waals surface area contributed by atoms with Gasteiger partial charge in [-0.1, -0.05) is 27.5 Å². The van der Waals surface area contributed by atoms with E-state index in [0.29, 0.717) is 16.4 Å². The molecule has 2 aromatic rings. The molecule has 0 amide bonds. The lowest BCUT2D eigenvalue weighted by molar-refractivity contribution is 1.13. The van der Waals surface area contributed by atoms with Crippen LogP contribution in [0.3, 0.4) is 0 Å². The van der Waals surface area contributed by atoms with Crippen LogP contribution in [0.15, 0.2) is 39.7 Å². The average Bonchev–Trinajstić information content (AvgIpc) is 2.17. The van der Waals surface area contributed by atoms with E-state index in [0.717, 1.165) is 4.47 Å². The number of hydrogen-bond donors (Lipinski definition) is 1. The maximum Gasteiger partial charge on any atom is 0.251 e. The Balaban J connectivity index is 2.59. The minimum atomic E-state index is -0.195. The molecule has 0 atom stereocenters. The van der Waals surface area contributed by atoms with Crippen molar-refractivity contribution in [3.63, 3.8) is 0 Å². The second-order valence-corrected chi connectivity index (χ2v) is 4.23. The van der Waals surface area contributed by atoms with E-state index in [-0.39, 0.29) is 5.56 Å². The van der Waals surface area contributed by atoms with Gasteiger partial charge in [-0.3, -0.25) is 4.79 Å². The summed E-state index contributed by atoms with van der Waals surface area (Å²) in [5, 5.41) is 0.540. The van der Waals surface area contributed by atoms with Gasteiger partial charge in [0, 0.05) is 22.3 Å². The molecule has 1 aromatic carbocycles. The molecule has 0 aliphatic rings. The molecule has 0 fully saturated rings. The number of H-pyrrole nitrogens is 1. The molecule has 0 aliphatic carbocycles. The summed E-state index contributed by atoms with van der Waals surface area (Å²) < 4.78 is 0.884. The molecule has 0 radical (unpaired) electrons. The van der Waals surface area contributed by atoms with Crippen molar-refractivity contribution < 1.29 is 0 Å². The molecule has 1 N–H and O–H groups in total. The third-order valence-electron chi connectivity index (χ3n) is 1.86. The fraction of sp³-hybridized carbons (Fsp3) is 0. The largest absolute Gasteiger partial charge is 0.306 e. The highest BCUT2D eigenvalue weighted by Gasteiger charge is 2.05. The summed E-state index contributed by atoms with van der Waals surface area (Å²) in [6.07, 6.45) is 1.45. The van der Waals surface area contributed by atoms with Crippen LogP contribution in [0.1, 0.15) is 0 Å². The van der Waals surface area contributed by atoms with Gasteiger partial charge in [-0.25, -0.2) is 4.98 Å². The molecule has 2 rings (SSSR count). The van der Waals surface area contributed by atoms with Crippen LogP contribution in [0.25, 0.3) is 11.4 Å². The molecule has 1 aromatic heterocycles. The molecule has 0 saturated heterocycles. The summed E-state index contributed by atoms with van der Waals surface area (Å²) in [7, 11) is 0. The fourth-order valence-corrected chi connectivity index (χ4v) is 1.95. The van der Waals surface area contributed by atoms with Crippen LogP contribution in [0, 0.1) is 0 Å². The molecule has 15 heavy (non-hydrogen) atoms. The third-order valence-corrected chi connectivity index (χ3v) is 2.66. The van der Waals surface area contributed by atoms with Gasteiger partial charge in [0.1, 0.15) is 5.82 Å². The van der Waals surface area contributed by atoms with Crippen molar-refractivity contribution >= 4 is 27.5 Å². The third kappa shape index (κ3) is 2.27. The first-order chi connectivity index (χ1) is 7.16. The van der Waals surface area contributed by atoms with Gasteiger partial charge < -0.3 is 4.98 Å². The van der Waals surface area contributed by atoms with Crippen LogP contribution in [0.4, 0.5) is 0 Å². The van der Waals surface area contributed by atoms with E-state index in [4.69, 9.17) is 11.6 Å². The van der Waals surface area contributed by atoms with Crippen molar-refractivity contribution in [2.45, 2.75) is 0 Å². The summed E-state index contributed by atoms with van der Waals surface area (Å²) in [4.78, 5) is 17.8. The van der Waals surface area contributed by atoms with Gasteiger partial charge in [0.15, 0.2) is 0 Å². The van der Waals surface area contributed by atoms with E-state index in [2.05, 4.69) is 25.9 Å². The van der Waals surface area contributed by atoms with Gasteiger partial charge in [-0.15, -0.1) is 0 Å². The minimum absolute atomic E-state index is 0.195. The van der Waals surface area contributed by atoms with Crippen LogP contribution >= 0.6 is 27.5 Å². The van der Waals surface area contributed by atoms with E-state index < -0.39 is 0 Å². The Labute approximate surface area is 99.3 Å². The smallest absolute Gasteiger partial charge is 0.251 e. The quantitative estimate of drug-likeness (QED) is 0.876. The Bertz CT molecular complexity index is 553. The van der Waals surface area contributed by atoms with Crippen molar-refractivity contribution in [2.75, 3.05) is 0 Å². The summed E-state index contributed by atoms with van der Waals surface area (Å²) in [5.74, 6) is 0.472. The highest BCUT2D eigenvalue weighted by Crippen LogP contribution is 2.27. The Hall–Kier alpha value is -1.13. The lowest BCUT2D eigenvalue weighted by atomic mass is 10.2. The second-order valence-electron chi connectivity index (χ2n) is 2.91. The molecule has 0 bridgehead atoms. The Morgan fingerprint density at radius 3 is 2.80 bits per heavy atom. The zero-order valence-corrected chi connectivity index (χ0v) is 9.84. The van der Waals surface area contributed by atoms with Crippen molar-refractivity contribution in [2.24, 2.45) is 0 Å². The van der Waals surface area contributed by atoms with Crippen molar-refractivity contribution in [1.29, 1.82) is 0 Å². The highest BCUT2D eigenvalue weighted by molar-refractivity contribution is 9.10. The number of aromatic amines is 1. The maximum atomic E-state index is 11.1. The van der Waals surface area contributed by atoms with Gasteiger partial charge in [0.05, 0.1) is 5.02 Å². The molecule has 0 unspecified atom stereocenters. The Morgan fingerprint density at radius 1 is 1.33 bits per heavy atom. The Kier molecular flexibility index (Phi) is 2.88. The standard InChI is InChI=1S/C10H6BrClN2O/c11-6-1-2-7(8(12)5-6)10-13-4-3-9(15)14-10/h1-5H,(H,13,14,15). The lowest BCUT2D eigenvalue weighted by Crippen LogP contribution is -2.05. The number of rotatable bonds is 1. The fourth-order valence-electron chi connectivity index (χ4n) is 1.19. The molecule has 3 nitrogen and oxygen atoms in total. The first-order valence-electron chi connectivity index (χ1n) is 4.17. The summed E-state index contributed by atoms with van der Waals surface area (Å²) >= 11 is 9.33. The SMILES string of the molecule is O=c1ccnc(-c2ccc(Br)cc2Cl)[nH]1. The maximum absolute atomic E-state index is 11.1. The molecule has 1 heterocycles. The van der Waals surface area contributed by atoms with Gasteiger partial charge >= 0.3 is 0 Å². The topological polar surface area (TPSA) is 45.8 Å². The number of benzene rings is 1. The van der Waals surface area contributed by atoms with E-state index in [1.807, 2.05) is 6.07 Å². The zero-order chi connectivity index (χ0) is 10.8. The van der Waals surface area contributed by atoms with Gasteiger partial charge in [-0.05, 0) is 18.2 Å². The van der Waals surface area contributed by atoms with Crippen molar-refractivity contribution in [3.8, 4) is 11.4 Å². The van der Waals surface area contributed by atoms with Crippen LogP contribution in [0.5, 0.6) is 0 Å². The number of halogens is 2. The van der Waals surface area contributed by atoms with Crippen LogP contribution < -0.4 is 5.56 Å². The molecule has 0 spiro atoms. The number of aromatic nitrogens is 2. The monoisotopic (exact) mass is 284 g/mol. The van der Waals surface area contributed by atoms with E-state index in [1.54, 1.807) is 12.1 Å². The normalized spacial score (nSPS) is 10.3. The molecule has 5 heteroatoms. The van der Waals surface area contributed by atoms with Crippen LogP contribution in [-0.4, -0.2) is 9.97 Å².